The van der Waals surface area contributed by atoms with Crippen molar-refractivity contribution in [3.63, 3.8) is 0 Å². The van der Waals surface area contributed by atoms with E-state index in [1.165, 1.54) is 0 Å². The molecule has 0 fully saturated rings. The molecule has 0 aliphatic rings. The van der Waals surface area contributed by atoms with Crippen LogP contribution < -0.4 is 10.6 Å². The minimum Gasteiger partial charge on any atom is -0.462 e. The summed E-state index contributed by atoms with van der Waals surface area (Å²) >= 11 is 5.78. The molecule has 6 nitrogen and oxygen atoms in total. The minimum absolute atomic E-state index is 0.304. The normalized spacial score (nSPS) is 11.1. The van der Waals surface area contributed by atoms with Gasteiger partial charge in [0, 0.05) is 26.3 Å². The molecule has 0 atom stereocenters. The zero-order chi connectivity index (χ0) is 18.8. The van der Waals surface area contributed by atoms with E-state index in [9.17, 15) is 4.79 Å². The van der Waals surface area contributed by atoms with E-state index in [1.807, 2.05) is 18.2 Å². The molecule has 1 heterocycles. The third-order valence-electron chi connectivity index (χ3n) is 3.64. The number of halogens is 1. The summed E-state index contributed by atoms with van der Waals surface area (Å²) in [6, 6.07) is 11.1. The number of carbonyl (C=O) groups excluding carboxylic acids is 1. The zero-order valence-corrected chi connectivity index (χ0v) is 15.7. The van der Waals surface area contributed by atoms with Crippen molar-refractivity contribution < 1.29 is 9.53 Å². The number of nitrogens with zero attached hydrogens (tertiary/aromatic N) is 2. The van der Waals surface area contributed by atoms with E-state index >= 15 is 0 Å². The zero-order valence-electron chi connectivity index (χ0n) is 15.0. The Bertz CT molecular complexity index is 730. The van der Waals surface area contributed by atoms with Gasteiger partial charge >= 0.3 is 5.97 Å². The standard InChI is InChI=1S/C19H23ClN4O2/c1-3-26-18(25)16-7-4-14(5-8-16)13-24-19(21-2)22-11-10-15-6-9-17(20)23-12-15/h4-9,12H,3,10-11,13H2,1-2H3,(H2,21,22,24). The fourth-order valence-corrected chi connectivity index (χ4v) is 2.37. The van der Waals surface area contributed by atoms with Crippen LogP contribution in [0.15, 0.2) is 47.6 Å². The quantitative estimate of drug-likeness (QED) is 0.337. The van der Waals surface area contributed by atoms with Crippen LogP contribution in [0, 0.1) is 0 Å². The number of esters is 1. The molecule has 0 unspecified atom stereocenters. The number of benzene rings is 1. The summed E-state index contributed by atoms with van der Waals surface area (Å²) in [7, 11) is 1.73. The van der Waals surface area contributed by atoms with Crippen molar-refractivity contribution in [2.45, 2.75) is 19.9 Å². The Labute approximate surface area is 158 Å². The van der Waals surface area contributed by atoms with Crippen molar-refractivity contribution in [3.05, 3.63) is 64.4 Å². The van der Waals surface area contributed by atoms with Crippen LogP contribution in [0.25, 0.3) is 0 Å². The Morgan fingerprint density at radius 3 is 2.50 bits per heavy atom. The second-order valence-electron chi connectivity index (χ2n) is 5.51. The second-order valence-corrected chi connectivity index (χ2v) is 5.90. The molecule has 0 saturated heterocycles. The highest BCUT2D eigenvalue weighted by molar-refractivity contribution is 6.29. The molecule has 1 aromatic heterocycles. The maximum atomic E-state index is 11.6. The van der Waals surface area contributed by atoms with E-state index in [2.05, 4.69) is 20.6 Å². The Morgan fingerprint density at radius 2 is 1.88 bits per heavy atom. The van der Waals surface area contributed by atoms with Gasteiger partial charge in [-0.25, -0.2) is 9.78 Å². The number of pyridine rings is 1. The lowest BCUT2D eigenvalue weighted by Gasteiger charge is -2.12. The predicted molar refractivity (Wildman–Crippen MR) is 104 cm³/mol. The highest BCUT2D eigenvalue weighted by Gasteiger charge is 2.06. The van der Waals surface area contributed by atoms with Gasteiger partial charge in [-0.2, -0.15) is 0 Å². The van der Waals surface area contributed by atoms with Crippen LogP contribution in [-0.4, -0.2) is 37.1 Å². The van der Waals surface area contributed by atoms with Crippen LogP contribution in [0.4, 0.5) is 0 Å². The third-order valence-corrected chi connectivity index (χ3v) is 3.87. The van der Waals surface area contributed by atoms with Gasteiger partial charge in [-0.1, -0.05) is 29.8 Å². The molecule has 138 valence electrons. The summed E-state index contributed by atoms with van der Waals surface area (Å²) in [6.45, 7) is 3.49. The van der Waals surface area contributed by atoms with Crippen LogP contribution in [-0.2, 0) is 17.7 Å². The van der Waals surface area contributed by atoms with Gasteiger partial charge in [-0.3, -0.25) is 4.99 Å². The molecular formula is C19H23ClN4O2. The Morgan fingerprint density at radius 1 is 1.15 bits per heavy atom. The van der Waals surface area contributed by atoms with Gasteiger partial charge < -0.3 is 15.4 Å². The molecule has 0 bridgehead atoms. The first-order valence-electron chi connectivity index (χ1n) is 8.43. The Hall–Kier alpha value is -2.60. The lowest BCUT2D eigenvalue weighted by Crippen LogP contribution is -2.37. The molecule has 26 heavy (non-hydrogen) atoms. The number of hydrogen-bond acceptors (Lipinski definition) is 4. The first-order valence-corrected chi connectivity index (χ1v) is 8.81. The van der Waals surface area contributed by atoms with Gasteiger partial charge in [0.25, 0.3) is 0 Å². The van der Waals surface area contributed by atoms with E-state index in [0.717, 1.165) is 24.1 Å². The third kappa shape index (κ3) is 6.37. The molecule has 2 aromatic rings. The van der Waals surface area contributed by atoms with Crippen molar-refractivity contribution in [2.24, 2.45) is 4.99 Å². The fourth-order valence-electron chi connectivity index (χ4n) is 2.26. The van der Waals surface area contributed by atoms with Crippen LogP contribution >= 0.6 is 11.6 Å². The lowest BCUT2D eigenvalue weighted by atomic mass is 10.1. The maximum Gasteiger partial charge on any atom is 0.338 e. The molecule has 2 N–H and O–H groups in total. The Kier molecular flexibility index (Phi) is 7.89. The summed E-state index contributed by atoms with van der Waals surface area (Å²) in [4.78, 5) is 19.9. The summed E-state index contributed by atoms with van der Waals surface area (Å²) in [5, 5.41) is 6.99. The summed E-state index contributed by atoms with van der Waals surface area (Å²) in [6.07, 6.45) is 2.59. The molecule has 0 amide bonds. The van der Waals surface area contributed by atoms with E-state index < -0.39 is 0 Å². The fraction of sp³-hybridized carbons (Fsp3) is 0.316. The second kappa shape index (κ2) is 10.4. The molecule has 0 saturated carbocycles. The number of ether oxygens (including phenoxy) is 1. The SMILES string of the molecule is CCOC(=O)c1ccc(CNC(=NC)NCCc2ccc(Cl)nc2)cc1. The highest BCUT2D eigenvalue weighted by atomic mass is 35.5. The lowest BCUT2D eigenvalue weighted by molar-refractivity contribution is 0.0526. The molecule has 1 aromatic carbocycles. The van der Waals surface area contributed by atoms with Crippen molar-refractivity contribution in [2.75, 3.05) is 20.2 Å². The van der Waals surface area contributed by atoms with E-state index in [4.69, 9.17) is 16.3 Å². The van der Waals surface area contributed by atoms with E-state index in [-0.39, 0.29) is 5.97 Å². The van der Waals surface area contributed by atoms with Crippen molar-refractivity contribution in [3.8, 4) is 0 Å². The highest BCUT2D eigenvalue weighted by Crippen LogP contribution is 2.06. The monoisotopic (exact) mass is 374 g/mol. The number of aliphatic imine (C=N–C) groups is 1. The number of rotatable bonds is 7. The maximum absolute atomic E-state index is 11.6. The van der Waals surface area contributed by atoms with E-state index in [1.54, 1.807) is 38.4 Å². The van der Waals surface area contributed by atoms with Gasteiger partial charge in [0.1, 0.15) is 5.15 Å². The van der Waals surface area contributed by atoms with Crippen molar-refractivity contribution in [1.82, 2.24) is 15.6 Å². The number of hydrogen-bond donors (Lipinski definition) is 2. The summed E-state index contributed by atoms with van der Waals surface area (Å²) in [5.74, 6) is 0.405. The average molecular weight is 375 g/mol. The van der Waals surface area contributed by atoms with Gasteiger partial charge in [-0.05, 0) is 42.7 Å². The summed E-state index contributed by atoms with van der Waals surface area (Å²) in [5.41, 5.74) is 2.70. The van der Waals surface area contributed by atoms with Gasteiger partial charge in [0.05, 0.1) is 12.2 Å². The van der Waals surface area contributed by atoms with Crippen molar-refractivity contribution >= 4 is 23.5 Å². The van der Waals surface area contributed by atoms with Crippen LogP contribution in [0.5, 0.6) is 0 Å². The molecule has 2 rings (SSSR count). The number of nitrogens with one attached hydrogen (secondary N) is 2. The first kappa shape index (κ1) is 19.7. The number of guanidine groups is 1. The van der Waals surface area contributed by atoms with Gasteiger partial charge in [-0.15, -0.1) is 0 Å². The van der Waals surface area contributed by atoms with Gasteiger partial charge in [0.2, 0.25) is 0 Å². The molecule has 0 aliphatic heterocycles. The van der Waals surface area contributed by atoms with Crippen LogP contribution in [0.2, 0.25) is 5.15 Å². The predicted octanol–water partition coefficient (Wildman–Crippen LogP) is 2.82. The minimum atomic E-state index is -0.304. The average Bonchev–Trinajstić information content (AvgIpc) is 2.66. The number of aromatic nitrogens is 1. The van der Waals surface area contributed by atoms with E-state index in [0.29, 0.717) is 29.8 Å². The summed E-state index contributed by atoms with van der Waals surface area (Å²) < 4.78 is 4.98. The van der Waals surface area contributed by atoms with Gasteiger partial charge in [0.15, 0.2) is 5.96 Å². The largest absolute Gasteiger partial charge is 0.462 e. The molecule has 0 aliphatic carbocycles. The topological polar surface area (TPSA) is 75.6 Å². The number of carbonyl (C=O) groups is 1. The molecular weight excluding hydrogens is 352 g/mol. The van der Waals surface area contributed by atoms with Crippen LogP contribution in [0.1, 0.15) is 28.4 Å². The smallest absolute Gasteiger partial charge is 0.338 e. The Balaban J connectivity index is 1.77. The molecule has 7 heteroatoms. The first-order chi connectivity index (χ1) is 12.6. The molecule has 0 spiro atoms. The molecule has 0 radical (unpaired) electrons. The van der Waals surface area contributed by atoms with Crippen molar-refractivity contribution in [1.29, 1.82) is 0 Å². The van der Waals surface area contributed by atoms with Crippen LogP contribution in [0.3, 0.4) is 0 Å².